The van der Waals surface area contributed by atoms with Gasteiger partial charge in [-0.15, -0.1) is 0 Å². The highest BCUT2D eigenvalue weighted by atomic mass is 32.2. The van der Waals surface area contributed by atoms with E-state index in [4.69, 9.17) is 5.73 Å². The first kappa shape index (κ1) is 12.7. The Labute approximate surface area is 94.1 Å². The van der Waals surface area contributed by atoms with E-state index in [0.29, 0.717) is 0 Å². The van der Waals surface area contributed by atoms with Gasteiger partial charge in [-0.25, -0.2) is 8.42 Å². The maximum absolute atomic E-state index is 11.9. The average Bonchev–Trinajstić information content (AvgIpc) is 2.29. The third-order valence-corrected chi connectivity index (χ3v) is 3.96. The molecule has 1 aromatic carbocycles. The smallest absolute Gasteiger partial charge is 0.308 e. The molecule has 1 aromatic rings. The van der Waals surface area contributed by atoms with E-state index in [0.717, 1.165) is 0 Å². The number of hydrogen-bond donors (Lipinski definition) is 1. The molecule has 0 aliphatic rings. The van der Waals surface area contributed by atoms with Gasteiger partial charge in [-0.2, -0.15) is 0 Å². The van der Waals surface area contributed by atoms with Crippen LogP contribution in [0.3, 0.4) is 0 Å². The molecule has 0 aliphatic heterocycles. The van der Waals surface area contributed by atoms with Gasteiger partial charge in [0.15, 0.2) is 9.84 Å². The summed E-state index contributed by atoms with van der Waals surface area (Å²) < 4.78 is 28.1. The predicted molar refractivity (Wildman–Crippen MR) is 58.2 cm³/mol. The molecule has 1 rings (SSSR count). The number of esters is 1. The van der Waals surface area contributed by atoms with Crippen molar-refractivity contribution in [2.24, 2.45) is 5.73 Å². The molecule has 0 spiro atoms. The van der Waals surface area contributed by atoms with Gasteiger partial charge in [-0.1, -0.05) is 18.2 Å². The minimum Gasteiger partial charge on any atom is -0.469 e. The van der Waals surface area contributed by atoms with Gasteiger partial charge in [0, 0.05) is 0 Å². The molecule has 0 saturated carbocycles. The molecule has 0 fully saturated rings. The second kappa shape index (κ2) is 5.09. The molecule has 16 heavy (non-hydrogen) atoms. The summed E-state index contributed by atoms with van der Waals surface area (Å²) in [5.74, 6) is -0.646. The molecule has 0 saturated heterocycles. The van der Waals surface area contributed by atoms with Crippen LogP contribution in [0.5, 0.6) is 0 Å². The zero-order valence-corrected chi connectivity index (χ0v) is 9.61. The Morgan fingerprint density at radius 1 is 1.38 bits per heavy atom. The first-order valence-electron chi connectivity index (χ1n) is 4.60. The van der Waals surface area contributed by atoms with Crippen LogP contribution in [0.1, 0.15) is 6.42 Å². The van der Waals surface area contributed by atoms with Crippen molar-refractivity contribution in [3.05, 3.63) is 30.3 Å². The van der Waals surface area contributed by atoms with E-state index in [1.807, 2.05) is 0 Å². The summed E-state index contributed by atoms with van der Waals surface area (Å²) in [4.78, 5) is 11.0. The minimum atomic E-state index is -3.67. The van der Waals surface area contributed by atoms with Crippen molar-refractivity contribution in [1.82, 2.24) is 0 Å². The van der Waals surface area contributed by atoms with Crippen LogP contribution in [0.25, 0.3) is 0 Å². The molecule has 0 radical (unpaired) electrons. The Morgan fingerprint density at radius 3 is 2.44 bits per heavy atom. The quantitative estimate of drug-likeness (QED) is 0.769. The molecule has 0 heterocycles. The molecule has 0 aromatic heterocycles. The zero-order chi connectivity index (χ0) is 12.2. The fraction of sp³-hybridized carbons (Fsp3) is 0.300. The maximum Gasteiger partial charge on any atom is 0.308 e. The standard InChI is InChI=1S/C10H13NO4S/c1-15-10(12)7-9(11)16(13,14)8-5-3-2-4-6-8/h2-6,9H,7,11H2,1H3. The maximum atomic E-state index is 11.9. The van der Waals surface area contributed by atoms with Gasteiger partial charge >= 0.3 is 5.97 Å². The molecule has 88 valence electrons. The number of hydrogen-bond acceptors (Lipinski definition) is 5. The highest BCUT2D eigenvalue weighted by molar-refractivity contribution is 7.92. The van der Waals surface area contributed by atoms with E-state index in [2.05, 4.69) is 4.74 Å². The second-order valence-electron chi connectivity index (χ2n) is 3.18. The lowest BCUT2D eigenvalue weighted by atomic mass is 10.4. The molecule has 1 unspecified atom stereocenters. The van der Waals surface area contributed by atoms with E-state index in [9.17, 15) is 13.2 Å². The molecular weight excluding hydrogens is 230 g/mol. The lowest BCUT2D eigenvalue weighted by Gasteiger charge is -2.11. The van der Waals surface area contributed by atoms with Crippen LogP contribution >= 0.6 is 0 Å². The third-order valence-electron chi connectivity index (χ3n) is 2.07. The van der Waals surface area contributed by atoms with Crippen molar-refractivity contribution < 1.29 is 17.9 Å². The van der Waals surface area contributed by atoms with Crippen molar-refractivity contribution in [2.45, 2.75) is 16.7 Å². The highest BCUT2D eigenvalue weighted by Crippen LogP contribution is 2.14. The molecular formula is C10H13NO4S. The van der Waals surface area contributed by atoms with Crippen LogP contribution in [0, 0.1) is 0 Å². The first-order valence-corrected chi connectivity index (χ1v) is 6.14. The Hall–Kier alpha value is -1.40. The van der Waals surface area contributed by atoms with E-state index in [-0.39, 0.29) is 11.3 Å². The van der Waals surface area contributed by atoms with Crippen LogP contribution in [-0.4, -0.2) is 26.9 Å². The van der Waals surface area contributed by atoms with Gasteiger partial charge in [0.1, 0.15) is 5.37 Å². The summed E-state index contributed by atoms with van der Waals surface area (Å²) in [6, 6.07) is 7.76. The van der Waals surface area contributed by atoms with Crippen LogP contribution in [0.15, 0.2) is 35.2 Å². The molecule has 0 aliphatic carbocycles. The Bertz CT molecular complexity index is 455. The molecule has 1 atom stereocenters. The zero-order valence-electron chi connectivity index (χ0n) is 8.79. The summed E-state index contributed by atoms with van der Waals surface area (Å²) in [5, 5.41) is -1.28. The summed E-state index contributed by atoms with van der Waals surface area (Å²) in [7, 11) is -2.48. The van der Waals surface area contributed by atoms with Gasteiger partial charge in [0.25, 0.3) is 0 Å². The molecule has 0 amide bonds. The molecule has 5 nitrogen and oxygen atoms in total. The SMILES string of the molecule is COC(=O)CC(N)S(=O)(=O)c1ccccc1. The Balaban J connectivity index is 2.91. The van der Waals surface area contributed by atoms with Crippen molar-refractivity contribution in [3.63, 3.8) is 0 Å². The predicted octanol–water partition coefficient (Wildman–Crippen LogP) is 0.308. The number of carbonyl (C=O) groups is 1. The van der Waals surface area contributed by atoms with Crippen molar-refractivity contribution >= 4 is 15.8 Å². The van der Waals surface area contributed by atoms with Gasteiger partial charge in [-0.3, -0.25) is 4.79 Å². The van der Waals surface area contributed by atoms with Crippen LogP contribution in [0.4, 0.5) is 0 Å². The largest absolute Gasteiger partial charge is 0.469 e. The number of methoxy groups -OCH3 is 1. The lowest BCUT2D eigenvalue weighted by Crippen LogP contribution is -2.33. The van der Waals surface area contributed by atoms with Gasteiger partial charge in [0.05, 0.1) is 18.4 Å². The van der Waals surface area contributed by atoms with Crippen molar-refractivity contribution in [3.8, 4) is 0 Å². The van der Waals surface area contributed by atoms with Gasteiger partial charge in [0.2, 0.25) is 0 Å². The van der Waals surface area contributed by atoms with E-state index in [1.54, 1.807) is 18.2 Å². The second-order valence-corrected chi connectivity index (χ2v) is 5.34. The summed E-state index contributed by atoms with van der Waals surface area (Å²) in [6.45, 7) is 0. The fourth-order valence-electron chi connectivity index (χ4n) is 1.14. The third kappa shape index (κ3) is 2.80. The summed E-state index contributed by atoms with van der Waals surface area (Å²) in [6.07, 6.45) is -0.353. The summed E-state index contributed by atoms with van der Waals surface area (Å²) >= 11 is 0. The van der Waals surface area contributed by atoms with E-state index in [1.165, 1.54) is 19.2 Å². The minimum absolute atomic E-state index is 0.103. The van der Waals surface area contributed by atoms with Crippen LogP contribution < -0.4 is 5.73 Å². The monoisotopic (exact) mass is 243 g/mol. The van der Waals surface area contributed by atoms with Gasteiger partial charge in [-0.05, 0) is 12.1 Å². The fourth-order valence-corrected chi connectivity index (χ4v) is 2.38. The first-order chi connectivity index (χ1) is 7.48. The summed E-state index contributed by atoms with van der Waals surface area (Å²) in [5.41, 5.74) is 5.47. The Kier molecular flexibility index (Phi) is 4.03. The molecule has 0 bridgehead atoms. The highest BCUT2D eigenvalue weighted by Gasteiger charge is 2.26. The van der Waals surface area contributed by atoms with Crippen LogP contribution in [0.2, 0.25) is 0 Å². The van der Waals surface area contributed by atoms with E-state index < -0.39 is 21.2 Å². The number of nitrogens with two attached hydrogens (primary N) is 1. The van der Waals surface area contributed by atoms with Crippen LogP contribution in [-0.2, 0) is 19.4 Å². The number of rotatable bonds is 4. The van der Waals surface area contributed by atoms with Gasteiger partial charge < -0.3 is 10.5 Å². The number of sulfone groups is 1. The lowest BCUT2D eigenvalue weighted by molar-refractivity contribution is -0.140. The Morgan fingerprint density at radius 2 is 1.94 bits per heavy atom. The molecule has 2 N–H and O–H groups in total. The topological polar surface area (TPSA) is 86.5 Å². The van der Waals surface area contributed by atoms with Crippen molar-refractivity contribution in [1.29, 1.82) is 0 Å². The van der Waals surface area contributed by atoms with E-state index >= 15 is 0 Å². The number of carbonyl (C=O) groups excluding carboxylic acids is 1. The number of benzene rings is 1. The van der Waals surface area contributed by atoms with Crippen molar-refractivity contribution in [2.75, 3.05) is 7.11 Å². The molecule has 6 heteroatoms. The average molecular weight is 243 g/mol. The number of ether oxygens (including phenoxy) is 1. The normalized spacial score (nSPS) is 13.1.